The molecule has 0 aromatic carbocycles. The van der Waals surface area contributed by atoms with Crippen molar-refractivity contribution in [3.8, 4) is 0 Å². The quantitative estimate of drug-likeness (QED) is 0.706. The Morgan fingerprint density at radius 2 is 2.05 bits per heavy atom. The lowest BCUT2D eigenvalue weighted by atomic mass is 10.1. The van der Waals surface area contributed by atoms with Gasteiger partial charge >= 0.3 is 0 Å². The fourth-order valence-corrected chi connectivity index (χ4v) is 2.79. The van der Waals surface area contributed by atoms with E-state index >= 15 is 0 Å². The van der Waals surface area contributed by atoms with Gasteiger partial charge in [0.25, 0.3) is 5.91 Å². The third kappa shape index (κ3) is 3.83. The van der Waals surface area contributed by atoms with Crippen molar-refractivity contribution >= 4 is 28.2 Å². The van der Waals surface area contributed by atoms with Crippen molar-refractivity contribution in [1.82, 2.24) is 10.3 Å². The molecule has 4 N–H and O–H groups in total. The highest BCUT2D eigenvalue weighted by Crippen LogP contribution is 2.28. The van der Waals surface area contributed by atoms with Crippen molar-refractivity contribution in [2.24, 2.45) is 5.92 Å². The Balaban J connectivity index is 2.88. The molecule has 0 saturated carbocycles. The van der Waals surface area contributed by atoms with Gasteiger partial charge in [-0.3, -0.25) is 4.79 Å². The predicted molar refractivity (Wildman–Crippen MR) is 83.3 cm³/mol. The zero-order valence-electron chi connectivity index (χ0n) is 12.5. The van der Waals surface area contributed by atoms with Crippen molar-refractivity contribution in [2.45, 2.75) is 33.7 Å². The smallest absolute Gasteiger partial charge is 0.265 e. The number of amides is 1. The SMILES string of the molecule is CCN(CC)c1nc(N)c(C(=O)NC(CO)C(C)C)s1. The molecule has 1 unspecified atom stereocenters. The highest BCUT2D eigenvalue weighted by atomic mass is 32.1. The number of carbonyl (C=O) groups excluding carboxylic acids is 1. The average molecular weight is 300 g/mol. The summed E-state index contributed by atoms with van der Waals surface area (Å²) < 4.78 is 0. The summed E-state index contributed by atoms with van der Waals surface area (Å²) in [5.41, 5.74) is 5.83. The molecule has 0 fully saturated rings. The Hall–Kier alpha value is -1.34. The third-order valence-electron chi connectivity index (χ3n) is 3.20. The molecule has 1 aromatic heterocycles. The zero-order valence-corrected chi connectivity index (χ0v) is 13.3. The molecule has 0 aliphatic heterocycles. The molecule has 0 radical (unpaired) electrons. The fourth-order valence-electron chi connectivity index (χ4n) is 1.77. The molecule has 0 aliphatic carbocycles. The molecule has 1 atom stereocenters. The normalized spacial score (nSPS) is 12.5. The molecule has 0 saturated heterocycles. The summed E-state index contributed by atoms with van der Waals surface area (Å²) in [5.74, 6) is 0.126. The summed E-state index contributed by atoms with van der Waals surface area (Å²) in [6.45, 7) is 9.48. The van der Waals surface area contributed by atoms with Crippen LogP contribution in [0.25, 0.3) is 0 Å². The number of hydrogen-bond donors (Lipinski definition) is 3. The molecule has 6 nitrogen and oxygen atoms in total. The van der Waals surface area contributed by atoms with Crippen LogP contribution in [0, 0.1) is 5.92 Å². The number of nitrogen functional groups attached to an aromatic ring is 1. The maximum Gasteiger partial charge on any atom is 0.265 e. The number of nitrogens with two attached hydrogens (primary N) is 1. The van der Waals surface area contributed by atoms with Gasteiger partial charge < -0.3 is 21.1 Å². The van der Waals surface area contributed by atoms with Gasteiger partial charge in [-0.1, -0.05) is 25.2 Å². The lowest BCUT2D eigenvalue weighted by molar-refractivity contribution is 0.0901. The van der Waals surface area contributed by atoms with E-state index in [-0.39, 0.29) is 30.3 Å². The van der Waals surface area contributed by atoms with E-state index in [4.69, 9.17) is 5.73 Å². The first kappa shape index (κ1) is 16.7. The largest absolute Gasteiger partial charge is 0.394 e. The molecule has 0 spiro atoms. The molecular weight excluding hydrogens is 276 g/mol. The van der Waals surface area contributed by atoms with Crippen LogP contribution in [0.3, 0.4) is 0 Å². The predicted octanol–water partition coefficient (Wildman–Crippen LogP) is 1.32. The van der Waals surface area contributed by atoms with E-state index in [0.29, 0.717) is 4.88 Å². The molecule has 20 heavy (non-hydrogen) atoms. The summed E-state index contributed by atoms with van der Waals surface area (Å²) in [6.07, 6.45) is 0. The van der Waals surface area contributed by atoms with Gasteiger partial charge in [-0.15, -0.1) is 0 Å². The summed E-state index contributed by atoms with van der Waals surface area (Å²) in [6, 6.07) is -0.277. The third-order valence-corrected chi connectivity index (χ3v) is 4.33. The number of anilines is 2. The zero-order chi connectivity index (χ0) is 15.3. The van der Waals surface area contributed by atoms with Crippen LogP contribution in [-0.2, 0) is 0 Å². The second-order valence-corrected chi connectivity index (χ2v) is 5.87. The summed E-state index contributed by atoms with van der Waals surface area (Å²) in [5, 5.41) is 12.8. The Morgan fingerprint density at radius 3 is 2.50 bits per heavy atom. The van der Waals surface area contributed by atoms with Crippen molar-refractivity contribution in [3.63, 3.8) is 0 Å². The van der Waals surface area contributed by atoms with Gasteiger partial charge in [0.2, 0.25) is 0 Å². The molecule has 1 aromatic rings. The van der Waals surface area contributed by atoms with Crippen molar-refractivity contribution in [3.05, 3.63) is 4.88 Å². The second-order valence-electron chi connectivity index (χ2n) is 4.89. The number of aromatic nitrogens is 1. The number of nitrogens with zero attached hydrogens (tertiary/aromatic N) is 2. The Morgan fingerprint density at radius 1 is 1.45 bits per heavy atom. The highest BCUT2D eigenvalue weighted by molar-refractivity contribution is 7.18. The minimum Gasteiger partial charge on any atom is -0.394 e. The summed E-state index contributed by atoms with van der Waals surface area (Å²) in [7, 11) is 0. The van der Waals surface area contributed by atoms with Crippen LogP contribution in [0.4, 0.5) is 10.9 Å². The van der Waals surface area contributed by atoms with Crippen LogP contribution in [0.5, 0.6) is 0 Å². The topological polar surface area (TPSA) is 91.5 Å². The van der Waals surface area contributed by atoms with Crippen LogP contribution in [0.1, 0.15) is 37.4 Å². The van der Waals surface area contributed by atoms with Crippen molar-refractivity contribution in [2.75, 3.05) is 30.3 Å². The molecule has 0 bridgehead atoms. The second kappa shape index (κ2) is 7.44. The monoisotopic (exact) mass is 300 g/mol. The first-order chi connectivity index (χ1) is 9.44. The number of carbonyl (C=O) groups is 1. The van der Waals surface area contributed by atoms with Gasteiger partial charge in [0.1, 0.15) is 10.7 Å². The Kier molecular flexibility index (Phi) is 6.22. The van der Waals surface area contributed by atoms with Crippen LogP contribution >= 0.6 is 11.3 Å². The minimum absolute atomic E-state index is 0.0922. The number of rotatable bonds is 7. The average Bonchev–Trinajstić information content (AvgIpc) is 2.79. The van der Waals surface area contributed by atoms with Crippen LogP contribution in [0.2, 0.25) is 0 Å². The van der Waals surface area contributed by atoms with Crippen LogP contribution in [-0.4, -0.2) is 41.7 Å². The summed E-state index contributed by atoms with van der Waals surface area (Å²) in [4.78, 5) is 18.9. The molecule has 1 rings (SSSR count). The van der Waals surface area contributed by atoms with E-state index in [9.17, 15) is 9.90 Å². The summed E-state index contributed by atoms with van der Waals surface area (Å²) >= 11 is 1.29. The lowest BCUT2D eigenvalue weighted by Crippen LogP contribution is -2.41. The maximum atomic E-state index is 12.2. The number of aliphatic hydroxyl groups is 1. The van der Waals surface area contributed by atoms with E-state index in [2.05, 4.69) is 10.3 Å². The number of aliphatic hydroxyl groups excluding tert-OH is 1. The van der Waals surface area contributed by atoms with Gasteiger partial charge in [0.15, 0.2) is 5.13 Å². The van der Waals surface area contributed by atoms with Gasteiger partial charge in [0.05, 0.1) is 12.6 Å². The van der Waals surface area contributed by atoms with Gasteiger partial charge in [-0.25, -0.2) is 4.98 Å². The molecule has 7 heteroatoms. The highest BCUT2D eigenvalue weighted by Gasteiger charge is 2.22. The number of thiazole rings is 1. The Bertz CT molecular complexity index is 444. The van der Waals surface area contributed by atoms with Crippen LogP contribution < -0.4 is 16.0 Å². The van der Waals surface area contributed by atoms with Gasteiger partial charge in [0, 0.05) is 13.1 Å². The van der Waals surface area contributed by atoms with Crippen LogP contribution in [0.15, 0.2) is 0 Å². The maximum absolute atomic E-state index is 12.2. The van der Waals surface area contributed by atoms with E-state index in [1.807, 2.05) is 32.6 Å². The molecule has 0 aliphatic rings. The standard InChI is InChI=1S/C13H24N4O2S/c1-5-17(6-2)13-16-11(14)10(20-13)12(19)15-9(7-18)8(3)4/h8-9,18H,5-7,14H2,1-4H3,(H,15,19). The molecule has 1 amide bonds. The van der Waals surface area contributed by atoms with Crippen molar-refractivity contribution < 1.29 is 9.90 Å². The Labute approximate surface area is 124 Å². The molecular formula is C13H24N4O2S. The van der Waals surface area contributed by atoms with Crippen molar-refractivity contribution in [1.29, 1.82) is 0 Å². The number of hydrogen-bond acceptors (Lipinski definition) is 6. The van der Waals surface area contributed by atoms with Gasteiger partial charge in [-0.05, 0) is 19.8 Å². The number of nitrogens with one attached hydrogen (secondary N) is 1. The van der Waals surface area contributed by atoms with E-state index < -0.39 is 0 Å². The van der Waals surface area contributed by atoms with E-state index in [1.54, 1.807) is 0 Å². The minimum atomic E-state index is -0.277. The fraction of sp³-hybridized carbons (Fsp3) is 0.692. The van der Waals surface area contributed by atoms with Gasteiger partial charge in [-0.2, -0.15) is 0 Å². The lowest BCUT2D eigenvalue weighted by Gasteiger charge is -2.19. The first-order valence-corrected chi connectivity index (χ1v) is 7.69. The van der Waals surface area contributed by atoms with E-state index in [0.717, 1.165) is 18.2 Å². The van der Waals surface area contributed by atoms with E-state index in [1.165, 1.54) is 11.3 Å². The molecule has 1 heterocycles. The molecule has 114 valence electrons. The first-order valence-electron chi connectivity index (χ1n) is 6.87.